The molecule has 2 aromatic heterocycles. The zero-order valence-electron chi connectivity index (χ0n) is 8.67. The molecule has 0 radical (unpaired) electrons. The molecule has 3 rings (SSSR count). The van der Waals surface area contributed by atoms with Crippen molar-refractivity contribution in [1.82, 2.24) is 0 Å². The number of fused-ring (bicyclic) bond motifs is 1. The van der Waals surface area contributed by atoms with E-state index in [0.717, 1.165) is 10.8 Å². The molecule has 5 nitrogen and oxygen atoms in total. The number of nitrogens with one attached hydrogen (secondary N) is 1. The van der Waals surface area contributed by atoms with Crippen LogP contribution in [-0.2, 0) is 0 Å². The molecule has 88 valence electrons. The van der Waals surface area contributed by atoms with Crippen LogP contribution in [0.15, 0.2) is 28.9 Å². The molecule has 0 saturated heterocycles. The minimum atomic E-state index is -0.940. The summed E-state index contributed by atoms with van der Waals surface area (Å²) >= 11 is 1.18. The fourth-order valence-electron chi connectivity index (χ4n) is 1.70. The van der Waals surface area contributed by atoms with Crippen molar-refractivity contribution in [1.29, 1.82) is 0 Å². The highest BCUT2D eigenvalue weighted by atomic mass is 32.1. The van der Waals surface area contributed by atoms with Gasteiger partial charge in [0.25, 0.3) is 0 Å². The highest BCUT2D eigenvalue weighted by Crippen LogP contribution is 2.40. The fraction of sp³-hybridized carbons (Fsp3) is 0.182. The first-order valence-electron chi connectivity index (χ1n) is 5.05. The van der Waals surface area contributed by atoms with E-state index in [9.17, 15) is 4.79 Å². The number of thiophene rings is 1. The molecule has 17 heavy (non-hydrogen) atoms. The lowest BCUT2D eigenvalue weighted by Gasteiger charge is -2.23. The fourth-order valence-corrected chi connectivity index (χ4v) is 2.54. The van der Waals surface area contributed by atoms with Crippen molar-refractivity contribution in [2.24, 2.45) is 0 Å². The predicted molar refractivity (Wildman–Crippen MR) is 61.8 cm³/mol. The third-order valence-corrected chi connectivity index (χ3v) is 3.55. The monoisotopic (exact) mass is 251 g/mol. The van der Waals surface area contributed by atoms with Crippen LogP contribution in [0.3, 0.4) is 0 Å². The molecular weight excluding hydrogens is 242 g/mol. The Bertz CT molecular complexity index is 546. The van der Waals surface area contributed by atoms with Crippen molar-refractivity contribution in [3.63, 3.8) is 0 Å². The van der Waals surface area contributed by atoms with E-state index in [1.54, 1.807) is 12.3 Å². The van der Waals surface area contributed by atoms with Crippen LogP contribution in [0, 0.1) is 0 Å². The van der Waals surface area contributed by atoms with Crippen LogP contribution in [0.1, 0.15) is 21.5 Å². The molecule has 3 heterocycles. The Kier molecular flexibility index (Phi) is 2.29. The molecule has 1 atom stereocenters. The zero-order chi connectivity index (χ0) is 11.8. The SMILES string of the molecule is O=C(O)c1cc2c(s1)NCC(c1ccco1)O2. The van der Waals surface area contributed by atoms with Crippen LogP contribution in [0.25, 0.3) is 0 Å². The van der Waals surface area contributed by atoms with Gasteiger partial charge in [0.2, 0.25) is 0 Å². The molecule has 0 bridgehead atoms. The minimum absolute atomic E-state index is 0.214. The van der Waals surface area contributed by atoms with E-state index in [1.165, 1.54) is 17.4 Å². The molecule has 1 aliphatic rings. The van der Waals surface area contributed by atoms with Gasteiger partial charge in [0.05, 0.1) is 12.8 Å². The largest absolute Gasteiger partial charge is 0.477 e. The summed E-state index contributed by atoms with van der Waals surface area (Å²) in [5, 5.41) is 12.8. The predicted octanol–water partition coefficient (Wildman–Crippen LogP) is 2.58. The van der Waals surface area contributed by atoms with Crippen LogP contribution in [0.4, 0.5) is 5.00 Å². The summed E-state index contributed by atoms with van der Waals surface area (Å²) in [4.78, 5) is 11.1. The van der Waals surface area contributed by atoms with Gasteiger partial charge in [0, 0.05) is 6.07 Å². The van der Waals surface area contributed by atoms with Crippen LogP contribution in [-0.4, -0.2) is 17.6 Å². The van der Waals surface area contributed by atoms with Gasteiger partial charge in [-0.1, -0.05) is 0 Å². The quantitative estimate of drug-likeness (QED) is 0.858. The first-order chi connectivity index (χ1) is 8.24. The lowest BCUT2D eigenvalue weighted by atomic mass is 10.2. The third kappa shape index (κ3) is 1.76. The maximum Gasteiger partial charge on any atom is 0.346 e. The maximum absolute atomic E-state index is 10.8. The lowest BCUT2D eigenvalue weighted by Crippen LogP contribution is -2.21. The summed E-state index contributed by atoms with van der Waals surface area (Å²) in [6, 6.07) is 5.16. The molecule has 1 aliphatic heterocycles. The number of carboxylic acid groups (broad SMARTS) is 1. The maximum atomic E-state index is 10.8. The Morgan fingerprint density at radius 1 is 1.59 bits per heavy atom. The summed E-state index contributed by atoms with van der Waals surface area (Å²) in [5.74, 6) is 0.357. The number of furan rings is 1. The Labute approximate surface area is 101 Å². The van der Waals surface area contributed by atoms with Crippen LogP contribution >= 0.6 is 11.3 Å². The average molecular weight is 251 g/mol. The van der Waals surface area contributed by atoms with Crippen molar-refractivity contribution in [2.75, 3.05) is 11.9 Å². The lowest BCUT2D eigenvalue weighted by molar-refractivity contribution is 0.0701. The number of carboxylic acids is 1. The van der Waals surface area contributed by atoms with Crippen molar-refractivity contribution in [3.8, 4) is 5.75 Å². The average Bonchev–Trinajstić information content (AvgIpc) is 2.97. The Morgan fingerprint density at radius 2 is 2.47 bits per heavy atom. The van der Waals surface area contributed by atoms with E-state index in [-0.39, 0.29) is 11.0 Å². The summed E-state index contributed by atoms with van der Waals surface area (Å²) in [6.07, 6.45) is 1.37. The number of anilines is 1. The zero-order valence-corrected chi connectivity index (χ0v) is 9.49. The highest BCUT2D eigenvalue weighted by Gasteiger charge is 2.26. The van der Waals surface area contributed by atoms with E-state index in [0.29, 0.717) is 12.3 Å². The number of rotatable bonds is 2. The van der Waals surface area contributed by atoms with Gasteiger partial charge >= 0.3 is 5.97 Å². The van der Waals surface area contributed by atoms with Crippen molar-refractivity contribution >= 4 is 22.3 Å². The molecule has 1 unspecified atom stereocenters. The highest BCUT2D eigenvalue weighted by molar-refractivity contribution is 7.18. The molecule has 0 aliphatic carbocycles. The van der Waals surface area contributed by atoms with Gasteiger partial charge in [0.1, 0.15) is 15.6 Å². The topological polar surface area (TPSA) is 71.7 Å². The van der Waals surface area contributed by atoms with Gasteiger partial charge in [-0.2, -0.15) is 0 Å². The van der Waals surface area contributed by atoms with Crippen LogP contribution in [0.2, 0.25) is 0 Å². The first-order valence-corrected chi connectivity index (χ1v) is 5.87. The number of carbonyl (C=O) groups is 1. The van der Waals surface area contributed by atoms with E-state index >= 15 is 0 Å². The second-order valence-corrected chi connectivity index (χ2v) is 4.66. The van der Waals surface area contributed by atoms with Gasteiger partial charge in [-0.05, 0) is 12.1 Å². The molecule has 6 heteroatoms. The molecule has 0 aromatic carbocycles. The molecular formula is C11H9NO4S. The van der Waals surface area contributed by atoms with Gasteiger partial charge in [-0.15, -0.1) is 11.3 Å². The summed E-state index contributed by atoms with van der Waals surface area (Å²) in [5.41, 5.74) is 0. The summed E-state index contributed by atoms with van der Waals surface area (Å²) in [6.45, 7) is 0.570. The van der Waals surface area contributed by atoms with Crippen LogP contribution < -0.4 is 10.1 Å². The van der Waals surface area contributed by atoms with Crippen LogP contribution in [0.5, 0.6) is 5.75 Å². The van der Waals surface area contributed by atoms with E-state index < -0.39 is 5.97 Å². The second kappa shape index (κ2) is 3.81. The Hall–Kier alpha value is -1.95. The minimum Gasteiger partial charge on any atom is -0.477 e. The molecule has 2 aromatic rings. The molecule has 0 spiro atoms. The van der Waals surface area contributed by atoms with E-state index in [4.69, 9.17) is 14.3 Å². The Morgan fingerprint density at radius 3 is 3.18 bits per heavy atom. The number of aromatic carboxylic acids is 1. The normalized spacial score (nSPS) is 18.0. The number of hydrogen-bond acceptors (Lipinski definition) is 5. The van der Waals surface area contributed by atoms with Crippen molar-refractivity contribution in [3.05, 3.63) is 35.1 Å². The third-order valence-electron chi connectivity index (χ3n) is 2.49. The second-order valence-electron chi connectivity index (χ2n) is 3.61. The first kappa shape index (κ1) is 10.2. The van der Waals surface area contributed by atoms with Crippen molar-refractivity contribution < 1.29 is 19.1 Å². The summed E-state index contributed by atoms with van der Waals surface area (Å²) in [7, 11) is 0. The van der Waals surface area contributed by atoms with Gasteiger partial charge in [0.15, 0.2) is 11.9 Å². The smallest absolute Gasteiger partial charge is 0.346 e. The molecule has 0 amide bonds. The van der Waals surface area contributed by atoms with E-state index in [2.05, 4.69) is 5.32 Å². The molecule has 0 saturated carbocycles. The number of ether oxygens (including phenoxy) is 1. The number of hydrogen-bond donors (Lipinski definition) is 2. The van der Waals surface area contributed by atoms with Gasteiger partial charge in [-0.25, -0.2) is 4.79 Å². The molecule has 0 fully saturated rings. The van der Waals surface area contributed by atoms with E-state index in [1.807, 2.05) is 6.07 Å². The molecule has 2 N–H and O–H groups in total. The van der Waals surface area contributed by atoms with Gasteiger partial charge < -0.3 is 19.6 Å². The summed E-state index contributed by atoms with van der Waals surface area (Å²) < 4.78 is 11.0. The standard InChI is InChI=1S/C11H9NO4S/c13-11(14)9-4-7-10(17-9)12-5-8(16-7)6-2-1-3-15-6/h1-4,8,12H,5H2,(H,13,14). The van der Waals surface area contributed by atoms with Crippen molar-refractivity contribution in [2.45, 2.75) is 6.10 Å². The van der Waals surface area contributed by atoms with Gasteiger partial charge in [-0.3, -0.25) is 0 Å². The Balaban J connectivity index is 1.88.